The van der Waals surface area contributed by atoms with E-state index in [1.54, 1.807) is 11.8 Å². The van der Waals surface area contributed by atoms with Gasteiger partial charge in [0.1, 0.15) is 5.69 Å². The van der Waals surface area contributed by atoms with E-state index in [9.17, 15) is 4.79 Å². The van der Waals surface area contributed by atoms with Crippen LogP contribution in [0.1, 0.15) is 10.5 Å². The van der Waals surface area contributed by atoms with Gasteiger partial charge in [-0.05, 0) is 0 Å². The summed E-state index contributed by atoms with van der Waals surface area (Å²) in [5.41, 5.74) is 0.441. The SMILES string of the molecule is COc1cnc(C(=O)C2CSC2)cn1. The molecule has 0 radical (unpaired) electrons. The Labute approximate surface area is 86.1 Å². The van der Waals surface area contributed by atoms with Gasteiger partial charge in [0, 0.05) is 17.4 Å². The molecule has 1 aromatic rings. The molecule has 4 nitrogen and oxygen atoms in total. The second kappa shape index (κ2) is 3.96. The van der Waals surface area contributed by atoms with Crippen LogP contribution in [-0.2, 0) is 0 Å². The van der Waals surface area contributed by atoms with Crippen LogP contribution in [0.2, 0.25) is 0 Å². The van der Waals surface area contributed by atoms with Crippen molar-refractivity contribution in [3.63, 3.8) is 0 Å². The predicted molar refractivity (Wildman–Crippen MR) is 53.7 cm³/mol. The Morgan fingerprint density at radius 1 is 1.50 bits per heavy atom. The second-order valence-corrected chi connectivity index (χ2v) is 4.12. The molecule has 0 amide bonds. The number of nitrogens with zero attached hydrogens (tertiary/aromatic N) is 2. The monoisotopic (exact) mass is 210 g/mol. The Morgan fingerprint density at radius 3 is 2.71 bits per heavy atom. The van der Waals surface area contributed by atoms with E-state index >= 15 is 0 Å². The molecule has 0 aromatic carbocycles. The minimum atomic E-state index is 0.0962. The summed E-state index contributed by atoms with van der Waals surface area (Å²) in [5, 5.41) is 0. The van der Waals surface area contributed by atoms with Crippen molar-refractivity contribution in [1.29, 1.82) is 0 Å². The second-order valence-electron chi connectivity index (χ2n) is 3.04. The Balaban J connectivity index is 2.11. The molecule has 1 aliphatic heterocycles. The first-order chi connectivity index (χ1) is 6.81. The van der Waals surface area contributed by atoms with Crippen molar-refractivity contribution in [1.82, 2.24) is 9.97 Å². The van der Waals surface area contributed by atoms with E-state index in [2.05, 4.69) is 9.97 Å². The van der Waals surface area contributed by atoms with E-state index in [-0.39, 0.29) is 11.7 Å². The Kier molecular flexibility index (Phi) is 2.67. The number of carbonyl (C=O) groups is 1. The van der Waals surface area contributed by atoms with Crippen LogP contribution in [0.3, 0.4) is 0 Å². The number of methoxy groups -OCH3 is 1. The van der Waals surface area contributed by atoms with Crippen molar-refractivity contribution in [2.45, 2.75) is 0 Å². The number of ether oxygens (including phenoxy) is 1. The summed E-state index contributed by atoms with van der Waals surface area (Å²) in [5.74, 6) is 2.49. The Bertz CT molecular complexity index is 335. The number of aromatic nitrogens is 2. The molecule has 0 unspecified atom stereocenters. The van der Waals surface area contributed by atoms with Crippen molar-refractivity contribution in [2.24, 2.45) is 5.92 Å². The van der Waals surface area contributed by atoms with Gasteiger partial charge in [-0.1, -0.05) is 0 Å². The van der Waals surface area contributed by atoms with Crippen molar-refractivity contribution < 1.29 is 9.53 Å². The molecule has 0 N–H and O–H groups in total. The molecule has 14 heavy (non-hydrogen) atoms. The summed E-state index contributed by atoms with van der Waals surface area (Å²) < 4.78 is 4.86. The standard InChI is InChI=1S/C9H10N2O2S/c1-13-8-3-10-7(2-11-8)9(12)6-4-14-5-6/h2-3,6H,4-5H2,1H3. The molecule has 0 bridgehead atoms. The van der Waals surface area contributed by atoms with Crippen LogP contribution in [0, 0.1) is 5.92 Å². The summed E-state index contributed by atoms with van der Waals surface area (Å²) in [6.45, 7) is 0. The van der Waals surface area contributed by atoms with Gasteiger partial charge in [-0.15, -0.1) is 0 Å². The van der Waals surface area contributed by atoms with Crippen LogP contribution in [0.4, 0.5) is 0 Å². The average Bonchev–Trinajstić information content (AvgIpc) is 2.15. The molecule has 1 aromatic heterocycles. The van der Waals surface area contributed by atoms with Gasteiger partial charge >= 0.3 is 0 Å². The van der Waals surface area contributed by atoms with Crippen LogP contribution in [-0.4, -0.2) is 34.4 Å². The molecular formula is C9H10N2O2S. The molecular weight excluding hydrogens is 200 g/mol. The first-order valence-corrected chi connectivity index (χ1v) is 5.44. The molecule has 2 heterocycles. The zero-order valence-corrected chi connectivity index (χ0v) is 8.58. The van der Waals surface area contributed by atoms with Crippen molar-refractivity contribution in [3.05, 3.63) is 18.1 Å². The number of hydrogen-bond donors (Lipinski definition) is 0. The molecule has 74 valence electrons. The van der Waals surface area contributed by atoms with Crippen LogP contribution in [0.15, 0.2) is 12.4 Å². The van der Waals surface area contributed by atoms with Gasteiger partial charge < -0.3 is 4.74 Å². The zero-order chi connectivity index (χ0) is 9.97. The fourth-order valence-electron chi connectivity index (χ4n) is 1.15. The molecule has 0 saturated carbocycles. The highest BCUT2D eigenvalue weighted by molar-refractivity contribution is 8.00. The normalized spacial score (nSPS) is 16.1. The van der Waals surface area contributed by atoms with Crippen LogP contribution in [0.25, 0.3) is 0 Å². The summed E-state index contributed by atoms with van der Waals surface area (Å²) >= 11 is 1.78. The lowest BCUT2D eigenvalue weighted by atomic mass is 10.1. The lowest BCUT2D eigenvalue weighted by molar-refractivity contribution is 0.0933. The van der Waals surface area contributed by atoms with Gasteiger partial charge in [-0.3, -0.25) is 4.79 Å². The molecule has 1 fully saturated rings. The van der Waals surface area contributed by atoms with E-state index in [1.165, 1.54) is 19.5 Å². The number of thioether (sulfide) groups is 1. The number of Topliss-reactive ketones (excluding diaryl/α,β-unsaturated/α-hetero) is 1. The van der Waals surface area contributed by atoms with Gasteiger partial charge in [0.25, 0.3) is 0 Å². The van der Waals surface area contributed by atoms with Gasteiger partial charge in [0.05, 0.1) is 19.5 Å². The highest BCUT2D eigenvalue weighted by Gasteiger charge is 2.27. The maximum Gasteiger partial charge on any atom is 0.232 e. The average molecular weight is 210 g/mol. The Morgan fingerprint density at radius 2 is 2.29 bits per heavy atom. The molecule has 0 aliphatic carbocycles. The minimum Gasteiger partial charge on any atom is -0.480 e. The van der Waals surface area contributed by atoms with Crippen molar-refractivity contribution >= 4 is 17.5 Å². The Hall–Kier alpha value is -1.10. The molecule has 1 aliphatic rings. The topological polar surface area (TPSA) is 52.1 Å². The summed E-state index contributed by atoms with van der Waals surface area (Å²) in [6, 6.07) is 0. The zero-order valence-electron chi connectivity index (χ0n) is 7.77. The van der Waals surface area contributed by atoms with Crippen molar-refractivity contribution in [2.75, 3.05) is 18.6 Å². The van der Waals surface area contributed by atoms with E-state index in [0.717, 1.165) is 11.5 Å². The van der Waals surface area contributed by atoms with E-state index in [0.29, 0.717) is 11.6 Å². The molecule has 1 saturated heterocycles. The third-order valence-electron chi connectivity index (χ3n) is 2.10. The maximum absolute atomic E-state index is 11.7. The smallest absolute Gasteiger partial charge is 0.232 e. The summed E-state index contributed by atoms with van der Waals surface area (Å²) in [7, 11) is 1.52. The highest BCUT2D eigenvalue weighted by Crippen LogP contribution is 2.27. The van der Waals surface area contributed by atoms with E-state index < -0.39 is 0 Å². The van der Waals surface area contributed by atoms with E-state index in [1.807, 2.05) is 0 Å². The summed E-state index contributed by atoms with van der Waals surface area (Å²) in [6.07, 6.45) is 2.95. The quantitative estimate of drug-likeness (QED) is 0.697. The molecule has 5 heteroatoms. The maximum atomic E-state index is 11.7. The number of ketones is 1. The minimum absolute atomic E-state index is 0.0962. The third-order valence-corrected chi connectivity index (χ3v) is 3.37. The van der Waals surface area contributed by atoms with Gasteiger partial charge in [0.15, 0.2) is 5.78 Å². The first-order valence-electron chi connectivity index (χ1n) is 4.29. The molecule has 2 rings (SSSR count). The van der Waals surface area contributed by atoms with Crippen LogP contribution >= 0.6 is 11.8 Å². The molecule has 0 atom stereocenters. The first kappa shape index (κ1) is 9.45. The number of hydrogen-bond acceptors (Lipinski definition) is 5. The van der Waals surface area contributed by atoms with Crippen LogP contribution < -0.4 is 4.74 Å². The third kappa shape index (κ3) is 1.72. The van der Waals surface area contributed by atoms with Crippen molar-refractivity contribution in [3.8, 4) is 5.88 Å². The lowest BCUT2D eigenvalue weighted by Gasteiger charge is -2.22. The van der Waals surface area contributed by atoms with Crippen LogP contribution in [0.5, 0.6) is 5.88 Å². The van der Waals surface area contributed by atoms with Gasteiger partial charge in [0.2, 0.25) is 5.88 Å². The largest absolute Gasteiger partial charge is 0.480 e. The predicted octanol–water partition coefficient (Wildman–Crippen LogP) is 1.03. The van der Waals surface area contributed by atoms with Gasteiger partial charge in [-0.25, -0.2) is 9.97 Å². The molecule has 0 spiro atoms. The highest BCUT2D eigenvalue weighted by atomic mass is 32.2. The summed E-state index contributed by atoms with van der Waals surface area (Å²) in [4.78, 5) is 19.6. The number of carbonyl (C=O) groups excluding carboxylic acids is 1. The van der Waals surface area contributed by atoms with E-state index in [4.69, 9.17) is 4.74 Å². The lowest BCUT2D eigenvalue weighted by Crippen LogP contribution is -2.28. The fourth-order valence-corrected chi connectivity index (χ4v) is 1.92. The number of rotatable bonds is 3. The van der Waals surface area contributed by atoms with Gasteiger partial charge in [-0.2, -0.15) is 11.8 Å². The fraction of sp³-hybridized carbons (Fsp3) is 0.444.